The van der Waals surface area contributed by atoms with E-state index < -0.39 is 0 Å². The molecule has 2 N–H and O–H groups in total. The van der Waals surface area contributed by atoms with Crippen molar-refractivity contribution < 1.29 is 9.59 Å². The first kappa shape index (κ1) is 19.8. The molecule has 0 radical (unpaired) electrons. The second kappa shape index (κ2) is 9.32. The molecule has 0 aliphatic carbocycles. The van der Waals surface area contributed by atoms with Crippen molar-refractivity contribution in [2.24, 2.45) is 0 Å². The number of pyridine rings is 1. The second-order valence-corrected chi connectivity index (χ2v) is 7.23. The summed E-state index contributed by atoms with van der Waals surface area (Å²) < 4.78 is 0. The van der Waals surface area contributed by atoms with Crippen LogP contribution in [-0.4, -0.2) is 54.9 Å². The van der Waals surface area contributed by atoms with E-state index in [0.717, 1.165) is 24.3 Å². The number of benzene rings is 1. The molecular formula is C21H27N5O2. The largest absolute Gasteiger partial charge is 0.372 e. The van der Waals surface area contributed by atoms with E-state index in [2.05, 4.69) is 20.5 Å². The molecular weight excluding hydrogens is 354 g/mol. The van der Waals surface area contributed by atoms with Crippen molar-refractivity contribution >= 4 is 29.0 Å². The van der Waals surface area contributed by atoms with Crippen molar-refractivity contribution in [1.29, 1.82) is 0 Å². The fraction of sp³-hybridized carbons (Fsp3) is 0.381. The molecule has 0 bridgehead atoms. The van der Waals surface area contributed by atoms with E-state index in [9.17, 15) is 9.59 Å². The van der Waals surface area contributed by atoms with E-state index >= 15 is 0 Å². The first-order valence-electron chi connectivity index (χ1n) is 9.55. The van der Waals surface area contributed by atoms with Crippen LogP contribution in [0.25, 0.3) is 0 Å². The van der Waals surface area contributed by atoms with Gasteiger partial charge in [-0.05, 0) is 62.7 Å². The molecule has 2 heterocycles. The van der Waals surface area contributed by atoms with Crippen molar-refractivity contribution in [3.05, 3.63) is 48.2 Å². The molecule has 0 spiro atoms. The summed E-state index contributed by atoms with van der Waals surface area (Å²) in [5.74, 6) is 0.144. The molecule has 1 aliphatic rings. The van der Waals surface area contributed by atoms with Crippen LogP contribution in [0.5, 0.6) is 0 Å². The van der Waals surface area contributed by atoms with Crippen molar-refractivity contribution in [2.45, 2.75) is 19.8 Å². The van der Waals surface area contributed by atoms with Gasteiger partial charge in [-0.2, -0.15) is 0 Å². The van der Waals surface area contributed by atoms with Gasteiger partial charge >= 0.3 is 0 Å². The number of hydrogen-bond acceptors (Lipinski definition) is 5. The third-order valence-electron chi connectivity index (χ3n) is 4.63. The van der Waals surface area contributed by atoms with Crippen LogP contribution in [0.15, 0.2) is 42.6 Å². The first-order chi connectivity index (χ1) is 13.5. The molecule has 28 heavy (non-hydrogen) atoms. The number of anilines is 3. The minimum absolute atomic E-state index is 0.108. The molecule has 7 heteroatoms. The van der Waals surface area contributed by atoms with Gasteiger partial charge < -0.3 is 15.5 Å². The van der Waals surface area contributed by atoms with Gasteiger partial charge in [0.05, 0.1) is 13.1 Å². The summed E-state index contributed by atoms with van der Waals surface area (Å²) in [5, 5.41) is 5.60. The van der Waals surface area contributed by atoms with Gasteiger partial charge in [-0.3, -0.25) is 14.5 Å². The van der Waals surface area contributed by atoms with Gasteiger partial charge in [0.25, 0.3) is 0 Å². The van der Waals surface area contributed by atoms with E-state index in [1.54, 1.807) is 24.2 Å². The van der Waals surface area contributed by atoms with Crippen LogP contribution in [0.3, 0.4) is 0 Å². The lowest BCUT2D eigenvalue weighted by Gasteiger charge is -2.18. The Hall–Kier alpha value is -2.93. The average molecular weight is 381 g/mol. The Balaban J connectivity index is 1.43. The quantitative estimate of drug-likeness (QED) is 0.771. The van der Waals surface area contributed by atoms with Gasteiger partial charge in [0, 0.05) is 30.7 Å². The van der Waals surface area contributed by atoms with Crippen LogP contribution >= 0.6 is 0 Å². The maximum atomic E-state index is 12.2. The number of aryl methyl sites for hydroxylation is 1. The zero-order valence-electron chi connectivity index (χ0n) is 16.4. The van der Waals surface area contributed by atoms with Gasteiger partial charge in [0.1, 0.15) is 5.82 Å². The number of rotatable bonds is 7. The van der Waals surface area contributed by atoms with E-state index in [4.69, 9.17) is 0 Å². The second-order valence-electron chi connectivity index (χ2n) is 7.23. The van der Waals surface area contributed by atoms with E-state index in [0.29, 0.717) is 5.82 Å². The number of nitrogens with zero attached hydrogens (tertiary/aromatic N) is 3. The number of likely N-dealkylation sites (N-methyl/N-ethyl adjacent to an activating group) is 1. The van der Waals surface area contributed by atoms with Crippen LogP contribution in [0.2, 0.25) is 0 Å². The summed E-state index contributed by atoms with van der Waals surface area (Å²) in [5.41, 5.74) is 2.98. The number of aromatic nitrogens is 1. The summed E-state index contributed by atoms with van der Waals surface area (Å²) in [6, 6.07) is 11.5. The Morgan fingerprint density at radius 3 is 2.25 bits per heavy atom. The third kappa shape index (κ3) is 5.79. The maximum absolute atomic E-state index is 12.2. The molecule has 7 nitrogen and oxygen atoms in total. The van der Waals surface area contributed by atoms with Gasteiger partial charge in [0.15, 0.2) is 0 Å². The van der Waals surface area contributed by atoms with Gasteiger partial charge in [-0.15, -0.1) is 0 Å². The highest BCUT2D eigenvalue weighted by Gasteiger charge is 2.13. The van der Waals surface area contributed by atoms with Crippen LogP contribution in [0, 0.1) is 6.92 Å². The number of amides is 2. The normalized spacial score (nSPS) is 13.6. The molecule has 1 aromatic heterocycles. The Morgan fingerprint density at radius 1 is 1.00 bits per heavy atom. The summed E-state index contributed by atoms with van der Waals surface area (Å²) >= 11 is 0. The fourth-order valence-electron chi connectivity index (χ4n) is 3.20. The number of carbonyl (C=O) groups is 2. The fourth-order valence-corrected chi connectivity index (χ4v) is 3.20. The minimum Gasteiger partial charge on any atom is -0.372 e. The zero-order chi connectivity index (χ0) is 19.9. The van der Waals surface area contributed by atoms with Gasteiger partial charge in [-0.25, -0.2) is 4.98 Å². The third-order valence-corrected chi connectivity index (χ3v) is 4.63. The van der Waals surface area contributed by atoms with E-state index in [-0.39, 0.29) is 24.9 Å². The molecule has 0 saturated carbocycles. The lowest BCUT2D eigenvalue weighted by molar-refractivity contribution is -0.119. The lowest BCUT2D eigenvalue weighted by Crippen LogP contribution is -2.36. The first-order valence-corrected chi connectivity index (χ1v) is 9.55. The lowest BCUT2D eigenvalue weighted by atomic mass is 10.2. The molecule has 2 amide bonds. The number of hydrogen-bond donors (Lipinski definition) is 2. The molecule has 3 rings (SSSR count). The standard InChI is InChI=1S/C21H27N5O2/c1-16-5-10-19(22-13-16)24-21(28)15-25(2)14-20(27)23-17-6-8-18(9-7-17)26-11-3-4-12-26/h5-10,13H,3-4,11-12,14-15H2,1-2H3,(H,23,27)(H,22,24,28). The molecule has 1 saturated heterocycles. The van der Waals surface area contributed by atoms with Gasteiger partial charge in [0.2, 0.25) is 11.8 Å². The number of carbonyl (C=O) groups excluding carboxylic acids is 2. The van der Waals surface area contributed by atoms with Crippen LogP contribution < -0.4 is 15.5 Å². The Kier molecular flexibility index (Phi) is 6.60. The average Bonchev–Trinajstić information content (AvgIpc) is 3.18. The molecule has 0 atom stereocenters. The molecule has 148 valence electrons. The van der Waals surface area contributed by atoms with Crippen molar-refractivity contribution in [1.82, 2.24) is 9.88 Å². The van der Waals surface area contributed by atoms with Crippen LogP contribution in [0.4, 0.5) is 17.2 Å². The van der Waals surface area contributed by atoms with Crippen molar-refractivity contribution in [3.8, 4) is 0 Å². The smallest absolute Gasteiger partial charge is 0.239 e. The zero-order valence-corrected chi connectivity index (χ0v) is 16.4. The van der Waals surface area contributed by atoms with Crippen molar-refractivity contribution in [2.75, 3.05) is 48.8 Å². The molecule has 0 unspecified atom stereocenters. The molecule has 2 aromatic rings. The Bertz CT molecular complexity index is 799. The molecule has 1 fully saturated rings. The topological polar surface area (TPSA) is 77.6 Å². The predicted molar refractivity (Wildman–Crippen MR) is 112 cm³/mol. The van der Waals surface area contributed by atoms with Crippen LogP contribution in [0.1, 0.15) is 18.4 Å². The monoisotopic (exact) mass is 381 g/mol. The van der Waals surface area contributed by atoms with E-state index in [1.807, 2.05) is 37.3 Å². The Labute approximate surface area is 165 Å². The van der Waals surface area contributed by atoms with E-state index in [1.165, 1.54) is 18.5 Å². The predicted octanol–water partition coefficient (Wildman–Crippen LogP) is 2.50. The Morgan fingerprint density at radius 2 is 1.64 bits per heavy atom. The van der Waals surface area contributed by atoms with Crippen molar-refractivity contribution in [3.63, 3.8) is 0 Å². The molecule has 1 aromatic carbocycles. The maximum Gasteiger partial charge on any atom is 0.239 e. The number of nitrogens with one attached hydrogen (secondary N) is 2. The highest BCUT2D eigenvalue weighted by atomic mass is 16.2. The minimum atomic E-state index is -0.207. The molecule has 1 aliphatic heterocycles. The SMILES string of the molecule is Cc1ccc(NC(=O)CN(C)CC(=O)Nc2ccc(N3CCCC3)cc2)nc1. The summed E-state index contributed by atoms with van der Waals surface area (Å²) in [7, 11) is 1.73. The summed E-state index contributed by atoms with van der Waals surface area (Å²) in [6.07, 6.45) is 4.17. The highest BCUT2D eigenvalue weighted by molar-refractivity contribution is 5.94. The van der Waals surface area contributed by atoms with Gasteiger partial charge in [-0.1, -0.05) is 6.07 Å². The van der Waals surface area contributed by atoms with Crippen LogP contribution in [-0.2, 0) is 9.59 Å². The summed E-state index contributed by atoms with van der Waals surface area (Å²) in [4.78, 5) is 32.5. The highest BCUT2D eigenvalue weighted by Crippen LogP contribution is 2.22. The summed E-state index contributed by atoms with van der Waals surface area (Å²) in [6.45, 7) is 4.36.